The molecule has 1 aromatic heterocycles. The number of carbonyl (C=O) groups excluding carboxylic acids is 2. The minimum Gasteiger partial charge on any atom is -0.493 e. The summed E-state index contributed by atoms with van der Waals surface area (Å²) >= 11 is 4.49. The molecule has 4 rings (SSSR count). The van der Waals surface area contributed by atoms with Crippen LogP contribution >= 0.6 is 27.7 Å². The van der Waals surface area contributed by atoms with E-state index in [9.17, 15) is 14.7 Å². The van der Waals surface area contributed by atoms with Crippen LogP contribution in [0.3, 0.4) is 0 Å². The van der Waals surface area contributed by atoms with E-state index in [0.29, 0.717) is 16.5 Å². The molecule has 1 atom stereocenters. The number of hydrogen-bond acceptors (Lipinski definition) is 6. The third kappa shape index (κ3) is 4.08. The summed E-state index contributed by atoms with van der Waals surface area (Å²) in [6, 6.07) is 11.1. The lowest BCUT2D eigenvalue weighted by Crippen LogP contribution is -2.17. The molecule has 0 radical (unpaired) electrons. The van der Waals surface area contributed by atoms with Gasteiger partial charge in [-0.25, -0.2) is 0 Å². The van der Waals surface area contributed by atoms with Crippen LogP contribution in [-0.2, 0) is 4.79 Å². The quantitative estimate of drug-likeness (QED) is 0.370. The van der Waals surface area contributed by atoms with Crippen molar-refractivity contribution in [2.24, 2.45) is 15.2 Å². The van der Waals surface area contributed by atoms with Gasteiger partial charge in [-0.3, -0.25) is 9.59 Å². The molecule has 30 heavy (non-hydrogen) atoms. The lowest BCUT2D eigenvalue weighted by molar-refractivity contribution is -0.117. The third-order valence-electron chi connectivity index (χ3n) is 4.74. The van der Waals surface area contributed by atoms with Crippen molar-refractivity contribution in [3.05, 3.63) is 57.6 Å². The summed E-state index contributed by atoms with van der Waals surface area (Å²) in [5.41, 5.74) is 3.46. The largest absolute Gasteiger partial charge is 0.493 e. The molecule has 0 spiro atoms. The van der Waals surface area contributed by atoms with Gasteiger partial charge in [-0.1, -0.05) is 45.4 Å². The number of aliphatic imine (C=N–C) groups is 1. The van der Waals surface area contributed by atoms with E-state index in [0.717, 1.165) is 27.4 Å². The number of carbonyl (C=O) groups is 2. The summed E-state index contributed by atoms with van der Waals surface area (Å²) in [6.07, 6.45) is 0.0432. The first-order valence-electron chi connectivity index (χ1n) is 9.13. The molecular formula is C21H17BrN4O3S. The lowest BCUT2D eigenvalue weighted by Gasteiger charge is -2.08. The Morgan fingerprint density at radius 1 is 1.23 bits per heavy atom. The van der Waals surface area contributed by atoms with Crippen LogP contribution in [0.4, 0.5) is 5.69 Å². The number of nitrogens with zero attached hydrogens (tertiary/aromatic N) is 3. The van der Waals surface area contributed by atoms with E-state index < -0.39 is 11.2 Å². The number of thioether (sulfide) groups is 1. The second-order valence-electron chi connectivity index (χ2n) is 7.00. The van der Waals surface area contributed by atoms with E-state index >= 15 is 0 Å². The number of halogens is 1. The number of Topliss-reactive ketones (excluding diaryl/α,β-unsaturated/α-hetero) is 1. The van der Waals surface area contributed by atoms with Crippen LogP contribution < -0.4 is 0 Å². The summed E-state index contributed by atoms with van der Waals surface area (Å²) in [5.74, 6) is -0.628. The molecule has 0 aliphatic carbocycles. The molecule has 2 aromatic carbocycles. The molecule has 0 fully saturated rings. The molecule has 3 aromatic rings. The van der Waals surface area contributed by atoms with Crippen LogP contribution in [0.1, 0.15) is 27.9 Å². The Kier molecular flexibility index (Phi) is 5.57. The van der Waals surface area contributed by atoms with Gasteiger partial charge in [-0.15, -0.1) is 10.2 Å². The molecule has 1 unspecified atom stereocenters. The van der Waals surface area contributed by atoms with Crippen LogP contribution in [0, 0.1) is 13.8 Å². The minimum absolute atomic E-state index is 0.0432. The fourth-order valence-electron chi connectivity index (χ4n) is 3.19. The van der Waals surface area contributed by atoms with Crippen LogP contribution in [0.2, 0.25) is 0 Å². The zero-order valence-corrected chi connectivity index (χ0v) is 18.5. The SMILES string of the molecule is Cc1ccc(C)c(C(=O)CC2SC(N=Nc3c(O)[nH]c4ccc(Br)cc34)=NC2=O)c1. The zero-order valence-electron chi connectivity index (χ0n) is 16.1. The number of amidine groups is 1. The first-order valence-corrected chi connectivity index (χ1v) is 10.8. The standard InChI is InChI=1S/C21H17BrN4O3S/c1-10-3-4-11(2)13(7-10)16(27)9-17-19(28)24-21(30-17)26-25-18-14-8-12(22)5-6-15(14)23-20(18)29/h3-8,17,23,29H,9H2,1-2H3. The number of nitrogens with one attached hydrogen (secondary N) is 1. The van der Waals surface area contributed by atoms with Crippen molar-refractivity contribution in [3.8, 4) is 5.88 Å². The number of ketones is 1. The van der Waals surface area contributed by atoms with Gasteiger partial charge in [0.15, 0.2) is 11.5 Å². The number of rotatable bonds is 4. The highest BCUT2D eigenvalue weighted by Gasteiger charge is 2.31. The Morgan fingerprint density at radius 3 is 2.83 bits per heavy atom. The third-order valence-corrected chi connectivity index (χ3v) is 6.27. The zero-order chi connectivity index (χ0) is 21.4. The highest BCUT2D eigenvalue weighted by molar-refractivity contribution is 9.10. The van der Waals surface area contributed by atoms with Gasteiger partial charge in [0.25, 0.3) is 5.91 Å². The number of H-pyrrole nitrogens is 1. The fraction of sp³-hybridized carbons (Fsp3) is 0.190. The molecule has 7 nitrogen and oxygen atoms in total. The molecular weight excluding hydrogens is 468 g/mol. The van der Waals surface area contributed by atoms with Crippen molar-refractivity contribution < 1.29 is 14.7 Å². The maximum atomic E-state index is 12.7. The van der Waals surface area contributed by atoms with Gasteiger partial charge in [0, 0.05) is 21.8 Å². The number of azo groups is 1. The van der Waals surface area contributed by atoms with Crippen LogP contribution in [0.5, 0.6) is 5.88 Å². The molecule has 2 N–H and O–H groups in total. The summed E-state index contributed by atoms with van der Waals surface area (Å²) in [6.45, 7) is 3.80. The number of amides is 1. The second kappa shape index (κ2) is 8.16. The molecule has 2 heterocycles. The van der Waals surface area contributed by atoms with Crippen molar-refractivity contribution >= 4 is 61.1 Å². The number of fused-ring (bicyclic) bond motifs is 1. The van der Waals surface area contributed by atoms with E-state index in [2.05, 4.69) is 36.1 Å². The highest BCUT2D eigenvalue weighted by Crippen LogP contribution is 2.37. The number of benzene rings is 2. The average Bonchev–Trinajstić information content (AvgIpc) is 3.20. The normalized spacial score (nSPS) is 16.6. The van der Waals surface area contributed by atoms with Crippen molar-refractivity contribution in [3.63, 3.8) is 0 Å². The highest BCUT2D eigenvalue weighted by atomic mass is 79.9. The maximum absolute atomic E-state index is 12.7. The predicted octanol–water partition coefficient (Wildman–Crippen LogP) is 5.61. The van der Waals surface area contributed by atoms with Crippen molar-refractivity contribution in [1.82, 2.24) is 4.98 Å². The number of hydrogen-bond donors (Lipinski definition) is 2. The number of aromatic nitrogens is 1. The molecule has 9 heteroatoms. The lowest BCUT2D eigenvalue weighted by atomic mass is 9.99. The molecule has 1 aliphatic rings. The Bertz CT molecular complexity index is 1250. The molecule has 1 amide bonds. The van der Waals surface area contributed by atoms with Gasteiger partial charge < -0.3 is 10.1 Å². The van der Waals surface area contributed by atoms with E-state index in [1.165, 1.54) is 0 Å². The number of aryl methyl sites for hydroxylation is 2. The van der Waals surface area contributed by atoms with Crippen LogP contribution in [-0.4, -0.2) is 32.2 Å². The monoisotopic (exact) mass is 484 g/mol. The molecule has 152 valence electrons. The first-order chi connectivity index (χ1) is 14.3. The fourth-order valence-corrected chi connectivity index (χ4v) is 4.42. The topological polar surface area (TPSA) is 107 Å². The second-order valence-corrected chi connectivity index (χ2v) is 9.08. The van der Waals surface area contributed by atoms with E-state index in [1.807, 2.05) is 38.1 Å². The predicted molar refractivity (Wildman–Crippen MR) is 121 cm³/mol. The van der Waals surface area contributed by atoms with Gasteiger partial charge >= 0.3 is 0 Å². The first kappa shape index (κ1) is 20.5. The Balaban J connectivity index is 1.49. The van der Waals surface area contributed by atoms with Crippen molar-refractivity contribution in [2.75, 3.05) is 0 Å². The molecule has 1 aliphatic heterocycles. The molecule has 0 saturated carbocycles. The van der Waals surface area contributed by atoms with E-state index in [1.54, 1.807) is 12.1 Å². The van der Waals surface area contributed by atoms with Gasteiger partial charge in [-0.05, 0) is 43.7 Å². The summed E-state index contributed by atoms with van der Waals surface area (Å²) < 4.78 is 0.832. The maximum Gasteiger partial charge on any atom is 0.262 e. The Morgan fingerprint density at radius 2 is 2.03 bits per heavy atom. The Labute approximate surface area is 184 Å². The van der Waals surface area contributed by atoms with Crippen molar-refractivity contribution in [1.29, 1.82) is 0 Å². The van der Waals surface area contributed by atoms with E-state index in [-0.39, 0.29) is 28.9 Å². The van der Waals surface area contributed by atoms with Gasteiger partial charge in [-0.2, -0.15) is 4.99 Å². The van der Waals surface area contributed by atoms with Gasteiger partial charge in [0.05, 0.1) is 5.52 Å². The Hall–Kier alpha value is -2.78. The van der Waals surface area contributed by atoms with Crippen LogP contribution in [0.15, 0.2) is 56.1 Å². The number of aromatic hydroxyl groups is 1. The van der Waals surface area contributed by atoms with Crippen LogP contribution in [0.25, 0.3) is 10.9 Å². The average molecular weight is 485 g/mol. The smallest absolute Gasteiger partial charge is 0.262 e. The minimum atomic E-state index is -0.628. The number of aromatic amines is 1. The summed E-state index contributed by atoms with van der Waals surface area (Å²) in [4.78, 5) is 31.7. The summed E-state index contributed by atoms with van der Waals surface area (Å²) in [7, 11) is 0. The van der Waals surface area contributed by atoms with Gasteiger partial charge in [0.2, 0.25) is 11.0 Å². The van der Waals surface area contributed by atoms with E-state index in [4.69, 9.17) is 0 Å². The van der Waals surface area contributed by atoms with Gasteiger partial charge in [0.1, 0.15) is 5.25 Å². The molecule has 0 saturated heterocycles. The summed E-state index contributed by atoms with van der Waals surface area (Å²) in [5, 5.41) is 18.4. The molecule has 0 bridgehead atoms. The van der Waals surface area contributed by atoms with Crippen molar-refractivity contribution in [2.45, 2.75) is 25.5 Å².